The van der Waals surface area contributed by atoms with Crippen molar-refractivity contribution in [3.05, 3.63) is 21.9 Å². The number of aromatic nitrogens is 1. The summed E-state index contributed by atoms with van der Waals surface area (Å²) in [5, 5.41) is 5.73. The van der Waals surface area contributed by atoms with Crippen molar-refractivity contribution in [3.8, 4) is 0 Å². The Hall–Kier alpha value is 0.230. The second-order valence-corrected chi connectivity index (χ2v) is 3.51. The normalized spacial score (nSPS) is 9.90. The summed E-state index contributed by atoms with van der Waals surface area (Å²) in [6, 6.07) is 1.82. The highest BCUT2D eigenvalue weighted by Gasteiger charge is 1.99. The van der Waals surface area contributed by atoms with Crippen molar-refractivity contribution < 1.29 is 0 Å². The van der Waals surface area contributed by atoms with Crippen LogP contribution in [0.5, 0.6) is 0 Å². The predicted octanol–water partition coefficient (Wildman–Crippen LogP) is 2.46. The molecule has 0 unspecified atom stereocenters. The lowest BCUT2D eigenvalue weighted by molar-refractivity contribution is 1.22. The van der Waals surface area contributed by atoms with E-state index in [-0.39, 0.29) is 0 Å². The maximum absolute atomic E-state index is 5.66. The first-order valence-electron chi connectivity index (χ1n) is 2.42. The van der Waals surface area contributed by atoms with E-state index < -0.39 is 0 Å². The van der Waals surface area contributed by atoms with Crippen molar-refractivity contribution in [2.75, 3.05) is 0 Å². The summed E-state index contributed by atoms with van der Waals surface area (Å²) in [7, 11) is 0. The Morgan fingerprint density at radius 3 is 2.90 bits per heavy atom. The SMILES string of the molecule is NSc1cc(Br)cnc1Cl. The molecule has 54 valence electrons. The average molecular weight is 240 g/mol. The highest BCUT2D eigenvalue weighted by molar-refractivity contribution is 9.10. The lowest BCUT2D eigenvalue weighted by Gasteiger charge is -1.97. The Labute approximate surface area is 76.4 Å². The van der Waals surface area contributed by atoms with Crippen LogP contribution >= 0.6 is 39.5 Å². The minimum atomic E-state index is 0.440. The van der Waals surface area contributed by atoms with Gasteiger partial charge in [-0.1, -0.05) is 11.6 Å². The molecule has 0 saturated heterocycles. The minimum absolute atomic E-state index is 0.440. The van der Waals surface area contributed by atoms with Crippen LogP contribution in [0.3, 0.4) is 0 Å². The molecule has 0 amide bonds. The second kappa shape index (κ2) is 3.57. The zero-order valence-corrected chi connectivity index (χ0v) is 8.00. The topological polar surface area (TPSA) is 38.9 Å². The maximum Gasteiger partial charge on any atom is 0.143 e. The molecule has 1 aromatic rings. The van der Waals surface area contributed by atoms with Gasteiger partial charge >= 0.3 is 0 Å². The molecule has 0 atom stereocenters. The summed E-state index contributed by atoms with van der Waals surface area (Å²) >= 11 is 10.00. The summed E-state index contributed by atoms with van der Waals surface area (Å²) in [5.41, 5.74) is 0. The fourth-order valence-electron chi connectivity index (χ4n) is 0.487. The quantitative estimate of drug-likeness (QED) is 0.604. The van der Waals surface area contributed by atoms with Crippen molar-refractivity contribution in [2.24, 2.45) is 5.14 Å². The molecule has 0 aliphatic carbocycles. The summed E-state index contributed by atoms with van der Waals surface area (Å²) < 4.78 is 0.879. The molecule has 0 spiro atoms. The van der Waals surface area contributed by atoms with E-state index in [9.17, 15) is 0 Å². The molecule has 1 rings (SSSR count). The molecule has 0 saturated carbocycles. The monoisotopic (exact) mass is 238 g/mol. The van der Waals surface area contributed by atoms with Gasteiger partial charge < -0.3 is 0 Å². The summed E-state index contributed by atoms with van der Waals surface area (Å²) in [6.45, 7) is 0. The number of hydrogen-bond acceptors (Lipinski definition) is 3. The van der Waals surface area contributed by atoms with Crippen molar-refractivity contribution in [3.63, 3.8) is 0 Å². The number of nitrogens with two attached hydrogens (primary N) is 1. The van der Waals surface area contributed by atoms with Gasteiger partial charge in [-0.25, -0.2) is 4.98 Å². The number of pyridine rings is 1. The van der Waals surface area contributed by atoms with Crippen LogP contribution in [0.15, 0.2) is 21.6 Å². The third kappa shape index (κ3) is 1.85. The standard InChI is InChI=1S/C5H4BrClN2S/c6-3-1-4(10-8)5(7)9-2-3/h1-2H,8H2. The molecule has 2 nitrogen and oxygen atoms in total. The van der Waals surface area contributed by atoms with E-state index in [1.807, 2.05) is 6.07 Å². The molecule has 0 aromatic carbocycles. The fraction of sp³-hybridized carbons (Fsp3) is 0. The van der Waals surface area contributed by atoms with Crippen LogP contribution in [-0.4, -0.2) is 4.98 Å². The molecule has 1 heterocycles. The average Bonchev–Trinajstić information content (AvgIpc) is 1.94. The van der Waals surface area contributed by atoms with Gasteiger partial charge in [0.15, 0.2) is 0 Å². The Morgan fingerprint density at radius 1 is 1.70 bits per heavy atom. The molecule has 5 heteroatoms. The van der Waals surface area contributed by atoms with Gasteiger partial charge in [0.1, 0.15) is 5.15 Å². The summed E-state index contributed by atoms with van der Waals surface area (Å²) in [6.07, 6.45) is 1.63. The first-order chi connectivity index (χ1) is 4.74. The molecule has 10 heavy (non-hydrogen) atoms. The molecule has 0 aliphatic heterocycles. The number of hydrogen-bond donors (Lipinski definition) is 1. The zero-order chi connectivity index (χ0) is 7.56. The van der Waals surface area contributed by atoms with Crippen LogP contribution in [0.25, 0.3) is 0 Å². The van der Waals surface area contributed by atoms with Gasteiger partial charge in [-0.3, -0.25) is 5.14 Å². The van der Waals surface area contributed by atoms with Gasteiger partial charge in [-0.05, 0) is 33.9 Å². The summed E-state index contributed by atoms with van der Waals surface area (Å²) in [5.74, 6) is 0. The lowest BCUT2D eigenvalue weighted by Crippen LogP contribution is -1.83. The van der Waals surface area contributed by atoms with Gasteiger partial charge in [0, 0.05) is 10.7 Å². The van der Waals surface area contributed by atoms with Gasteiger partial charge in [-0.2, -0.15) is 0 Å². The molecule has 1 aromatic heterocycles. The molecule has 0 aliphatic rings. The number of rotatable bonds is 1. The van der Waals surface area contributed by atoms with E-state index in [2.05, 4.69) is 20.9 Å². The Balaban J connectivity index is 3.09. The van der Waals surface area contributed by atoms with Crippen LogP contribution in [0, 0.1) is 0 Å². The number of halogens is 2. The maximum atomic E-state index is 5.66. The summed E-state index contributed by atoms with van der Waals surface area (Å²) in [4.78, 5) is 4.64. The van der Waals surface area contributed by atoms with Gasteiger partial charge in [0.2, 0.25) is 0 Å². The van der Waals surface area contributed by atoms with Crippen molar-refractivity contribution in [1.82, 2.24) is 4.98 Å². The first kappa shape index (κ1) is 8.33. The van der Waals surface area contributed by atoms with Crippen LogP contribution in [-0.2, 0) is 0 Å². The van der Waals surface area contributed by atoms with E-state index >= 15 is 0 Å². The first-order valence-corrected chi connectivity index (χ1v) is 4.47. The largest absolute Gasteiger partial charge is 0.273 e. The van der Waals surface area contributed by atoms with E-state index in [1.54, 1.807) is 6.20 Å². The molecular formula is C5H4BrClN2S. The molecule has 0 bridgehead atoms. The van der Waals surface area contributed by atoms with Crippen LogP contribution in [0.1, 0.15) is 0 Å². The highest BCUT2D eigenvalue weighted by Crippen LogP contribution is 2.23. The highest BCUT2D eigenvalue weighted by atomic mass is 79.9. The van der Waals surface area contributed by atoms with Gasteiger partial charge in [-0.15, -0.1) is 0 Å². The van der Waals surface area contributed by atoms with Crippen molar-refractivity contribution >= 4 is 39.5 Å². The second-order valence-electron chi connectivity index (χ2n) is 1.56. The Kier molecular flexibility index (Phi) is 2.97. The van der Waals surface area contributed by atoms with E-state index in [0.717, 1.165) is 21.3 Å². The van der Waals surface area contributed by atoms with E-state index in [0.29, 0.717) is 5.15 Å². The lowest BCUT2D eigenvalue weighted by atomic mass is 10.5. The van der Waals surface area contributed by atoms with Crippen LogP contribution in [0.2, 0.25) is 5.15 Å². The van der Waals surface area contributed by atoms with Gasteiger partial charge in [0.25, 0.3) is 0 Å². The third-order valence-corrected chi connectivity index (χ3v) is 2.31. The van der Waals surface area contributed by atoms with E-state index in [4.69, 9.17) is 16.7 Å². The molecule has 0 radical (unpaired) electrons. The van der Waals surface area contributed by atoms with Crippen LogP contribution < -0.4 is 5.14 Å². The smallest absolute Gasteiger partial charge is 0.143 e. The minimum Gasteiger partial charge on any atom is -0.273 e. The van der Waals surface area contributed by atoms with Gasteiger partial charge in [0.05, 0.1) is 4.90 Å². The van der Waals surface area contributed by atoms with Crippen molar-refractivity contribution in [1.29, 1.82) is 0 Å². The Morgan fingerprint density at radius 2 is 2.40 bits per heavy atom. The van der Waals surface area contributed by atoms with E-state index in [1.165, 1.54) is 0 Å². The molecular weight excluding hydrogens is 235 g/mol. The molecule has 0 fully saturated rings. The number of nitrogens with zero attached hydrogens (tertiary/aromatic N) is 1. The molecule has 2 N–H and O–H groups in total. The fourth-order valence-corrected chi connectivity index (χ4v) is 1.55. The van der Waals surface area contributed by atoms with Crippen molar-refractivity contribution in [2.45, 2.75) is 4.90 Å². The third-order valence-electron chi connectivity index (χ3n) is 0.900. The predicted molar refractivity (Wildman–Crippen MR) is 47.0 cm³/mol. The van der Waals surface area contributed by atoms with Crippen LogP contribution in [0.4, 0.5) is 0 Å². The zero-order valence-electron chi connectivity index (χ0n) is 4.84. The Bertz CT molecular complexity index is 243.